The second kappa shape index (κ2) is 5.34. The monoisotopic (exact) mass is 306 g/mol. The number of rotatable bonds is 3. The fourth-order valence-electron chi connectivity index (χ4n) is 0.764. The molecule has 5 heteroatoms. The fraction of sp³-hybridized carbons (Fsp3) is 0.250. The topological polar surface area (TPSA) is 42.0 Å². The van der Waals surface area contributed by atoms with Gasteiger partial charge in [0.2, 0.25) is 5.91 Å². The van der Waals surface area contributed by atoms with Gasteiger partial charge in [0, 0.05) is 22.4 Å². The Kier molecular flexibility index (Phi) is 4.38. The Morgan fingerprint density at radius 1 is 1.62 bits per heavy atom. The van der Waals surface area contributed by atoms with Gasteiger partial charge in [0.1, 0.15) is 5.82 Å². The summed E-state index contributed by atoms with van der Waals surface area (Å²) in [7, 11) is 0. The molecule has 70 valence electrons. The first-order chi connectivity index (χ1) is 6.22. The van der Waals surface area contributed by atoms with E-state index in [9.17, 15) is 4.79 Å². The highest BCUT2D eigenvalue weighted by atomic mass is 79.9. The highest BCUT2D eigenvalue weighted by Crippen LogP contribution is 2.12. The number of aromatic nitrogens is 1. The maximum Gasteiger partial charge on any atom is 0.226 e. The Bertz CT molecular complexity index is 304. The number of nitrogens with zero attached hydrogens (tertiary/aromatic N) is 1. The van der Waals surface area contributed by atoms with E-state index < -0.39 is 0 Å². The van der Waals surface area contributed by atoms with Crippen molar-refractivity contribution in [1.82, 2.24) is 4.98 Å². The van der Waals surface area contributed by atoms with Crippen molar-refractivity contribution in [2.45, 2.75) is 6.42 Å². The zero-order valence-corrected chi connectivity index (χ0v) is 9.93. The lowest BCUT2D eigenvalue weighted by Gasteiger charge is -2.02. The van der Waals surface area contributed by atoms with Crippen LogP contribution in [0.5, 0.6) is 0 Å². The second-order valence-electron chi connectivity index (χ2n) is 2.35. The van der Waals surface area contributed by atoms with Crippen molar-refractivity contribution in [1.29, 1.82) is 0 Å². The molecule has 0 saturated heterocycles. The van der Waals surface area contributed by atoms with Crippen molar-refractivity contribution in [3.05, 3.63) is 22.8 Å². The number of carbonyl (C=O) groups is 1. The van der Waals surface area contributed by atoms with Crippen LogP contribution in [0.4, 0.5) is 5.82 Å². The Balaban J connectivity index is 2.58. The molecule has 0 aromatic carbocycles. The summed E-state index contributed by atoms with van der Waals surface area (Å²) in [4.78, 5) is 15.1. The van der Waals surface area contributed by atoms with Gasteiger partial charge in [-0.25, -0.2) is 4.98 Å². The van der Waals surface area contributed by atoms with Crippen LogP contribution >= 0.6 is 31.9 Å². The number of pyridine rings is 1. The number of alkyl halides is 1. The van der Waals surface area contributed by atoms with Gasteiger partial charge >= 0.3 is 0 Å². The van der Waals surface area contributed by atoms with Gasteiger partial charge < -0.3 is 5.32 Å². The van der Waals surface area contributed by atoms with Crippen molar-refractivity contribution in [2.24, 2.45) is 0 Å². The van der Waals surface area contributed by atoms with Gasteiger partial charge in [0.25, 0.3) is 0 Å². The minimum Gasteiger partial charge on any atom is -0.311 e. The van der Waals surface area contributed by atoms with Crippen LogP contribution in [0.15, 0.2) is 22.8 Å². The Labute approximate surface area is 93.2 Å². The Morgan fingerprint density at radius 2 is 2.38 bits per heavy atom. The van der Waals surface area contributed by atoms with E-state index in [0.29, 0.717) is 17.6 Å². The Morgan fingerprint density at radius 3 is 3.00 bits per heavy atom. The summed E-state index contributed by atoms with van der Waals surface area (Å²) < 4.78 is 0.900. The average molecular weight is 308 g/mol. The molecule has 0 spiro atoms. The summed E-state index contributed by atoms with van der Waals surface area (Å²) in [5.41, 5.74) is 0. The fourth-order valence-corrected chi connectivity index (χ4v) is 1.46. The molecule has 0 radical (unpaired) electrons. The number of hydrogen-bond donors (Lipinski definition) is 1. The quantitative estimate of drug-likeness (QED) is 0.872. The molecule has 1 heterocycles. The van der Waals surface area contributed by atoms with Crippen LogP contribution in [0.25, 0.3) is 0 Å². The van der Waals surface area contributed by atoms with Crippen molar-refractivity contribution < 1.29 is 4.79 Å². The number of carbonyl (C=O) groups excluding carboxylic acids is 1. The van der Waals surface area contributed by atoms with Gasteiger partial charge in [-0.3, -0.25) is 4.79 Å². The number of nitrogens with one attached hydrogen (secondary N) is 1. The van der Waals surface area contributed by atoms with Crippen molar-refractivity contribution in [3.8, 4) is 0 Å². The first-order valence-electron chi connectivity index (χ1n) is 3.70. The molecule has 0 fully saturated rings. The molecule has 1 aromatic heterocycles. The summed E-state index contributed by atoms with van der Waals surface area (Å²) in [5, 5.41) is 3.33. The zero-order valence-electron chi connectivity index (χ0n) is 6.76. The third-order valence-electron chi connectivity index (χ3n) is 1.31. The maximum absolute atomic E-state index is 11.1. The molecule has 1 aromatic rings. The summed E-state index contributed by atoms with van der Waals surface area (Å²) in [6, 6.07) is 3.56. The van der Waals surface area contributed by atoms with Gasteiger partial charge in [-0.2, -0.15) is 0 Å². The predicted octanol–water partition coefficient (Wildman–Crippen LogP) is 2.57. The molecule has 0 saturated carbocycles. The molecule has 0 aliphatic carbocycles. The molecule has 0 atom stereocenters. The molecule has 0 aliphatic heterocycles. The molecule has 0 unspecified atom stereocenters. The van der Waals surface area contributed by atoms with E-state index in [1.807, 2.05) is 0 Å². The largest absolute Gasteiger partial charge is 0.311 e. The van der Waals surface area contributed by atoms with Crippen LogP contribution in [0.3, 0.4) is 0 Å². The lowest BCUT2D eigenvalue weighted by atomic mass is 10.4. The summed E-state index contributed by atoms with van der Waals surface area (Å²) in [6.07, 6.45) is 2.09. The predicted molar refractivity (Wildman–Crippen MR) is 59.0 cm³/mol. The molecule has 1 rings (SSSR count). The number of hydrogen-bond acceptors (Lipinski definition) is 2. The summed E-state index contributed by atoms with van der Waals surface area (Å²) in [5.74, 6) is 0.530. The molecular formula is C8H8Br2N2O. The lowest BCUT2D eigenvalue weighted by Crippen LogP contribution is -2.12. The van der Waals surface area contributed by atoms with E-state index >= 15 is 0 Å². The van der Waals surface area contributed by atoms with Crippen LogP contribution in [-0.2, 0) is 4.79 Å². The van der Waals surface area contributed by atoms with Gasteiger partial charge in [-0.15, -0.1) is 0 Å². The van der Waals surface area contributed by atoms with Crippen molar-refractivity contribution in [3.63, 3.8) is 0 Å². The van der Waals surface area contributed by atoms with Gasteiger partial charge in [-0.05, 0) is 12.1 Å². The highest BCUT2D eigenvalue weighted by molar-refractivity contribution is 9.10. The normalized spacial score (nSPS) is 9.69. The molecule has 0 aliphatic rings. The minimum atomic E-state index is -0.0394. The number of halogens is 2. The van der Waals surface area contributed by atoms with Crippen LogP contribution < -0.4 is 5.32 Å². The molecule has 1 N–H and O–H groups in total. The van der Waals surface area contributed by atoms with E-state index in [2.05, 4.69) is 42.2 Å². The van der Waals surface area contributed by atoms with Crippen molar-refractivity contribution >= 4 is 43.6 Å². The number of amides is 1. The van der Waals surface area contributed by atoms with E-state index in [-0.39, 0.29) is 5.91 Å². The van der Waals surface area contributed by atoms with E-state index in [1.54, 1.807) is 18.3 Å². The molecule has 3 nitrogen and oxygen atoms in total. The average Bonchev–Trinajstić information content (AvgIpc) is 2.04. The van der Waals surface area contributed by atoms with Gasteiger partial charge in [-0.1, -0.05) is 31.9 Å². The highest BCUT2D eigenvalue weighted by Gasteiger charge is 2.01. The third kappa shape index (κ3) is 3.87. The minimum absolute atomic E-state index is 0.0394. The lowest BCUT2D eigenvalue weighted by molar-refractivity contribution is -0.115. The van der Waals surface area contributed by atoms with E-state index in [0.717, 1.165) is 4.47 Å². The first kappa shape index (κ1) is 10.7. The summed E-state index contributed by atoms with van der Waals surface area (Å²) >= 11 is 6.48. The molecule has 13 heavy (non-hydrogen) atoms. The summed E-state index contributed by atoms with van der Waals surface area (Å²) in [6.45, 7) is 0. The van der Waals surface area contributed by atoms with Crippen LogP contribution in [0, 0.1) is 0 Å². The number of anilines is 1. The van der Waals surface area contributed by atoms with Crippen molar-refractivity contribution in [2.75, 3.05) is 10.6 Å². The van der Waals surface area contributed by atoms with Crippen LogP contribution in [0.1, 0.15) is 6.42 Å². The zero-order chi connectivity index (χ0) is 9.68. The molecule has 0 bridgehead atoms. The third-order valence-corrected chi connectivity index (χ3v) is 2.20. The standard InChI is InChI=1S/C8H8Br2N2O/c9-3-1-8(13)12-7-5-6(10)2-4-11-7/h2,4-5H,1,3H2,(H,11,12,13). The maximum atomic E-state index is 11.1. The van der Waals surface area contributed by atoms with E-state index in [4.69, 9.17) is 0 Å². The smallest absolute Gasteiger partial charge is 0.226 e. The van der Waals surface area contributed by atoms with E-state index in [1.165, 1.54) is 0 Å². The SMILES string of the molecule is O=C(CCBr)Nc1cc(Br)ccn1. The van der Waals surface area contributed by atoms with Gasteiger partial charge in [0.15, 0.2) is 0 Å². The second-order valence-corrected chi connectivity index (χ2v) is 4.06. The molecular weight excluding hydrogens is 300 g/mol. The van der Waals surface area contributed by atoms with Crippen LogP contribution in [-0.4, -0.2) is 16.2 Å². The van der Waals surface area contributed by atoms with Crippen LogP contribution in [0.2, 0.25) is 0 Å². The first-order valence-corrected chi connectivity index (χ1v) is 5.61. The molecule has 1 amide bonds. The Hall–Kier alpha value is -0.420. The van der Waals surface area contributed by atoms with Gasteiger partial charge in [0.05, 0.1) is 0 Å².